The van der Waals surface area contributed by atoms with Crippen molar-refractivity contribution in [1.29, 1.82) is 0 Å². The van der Waals surface area contributed by atoms with Gasteiger partial charge in [0.1, 0.15) is 5.75 Å². The van der Waals surface area contributed by atoms with Crippen LogP contribution in [0.5, 0.6) is 5.75 Å². The summed E-state index contributed by atoms with van der Waals surface area (Å²) in [5.41, 5.74) is 3.66. The highest BCUT2D eigenvalue weighted by molar-refractivity contribution is 7.99. The number of benzene rings is 2. The van der Waals surface area contributed by atoms with Crippen LogP contribution in [0.4, 0.5) is 0 Å². The van der Waals surface area contributed by atoms with Gasteiger partial charge in [-0.25, -0.2) is 0 Å². The number of carbonyl (C=O) groups excluding carboxylic acids is 1. The van der Waals surface area contributed by atoms with Crippen molar-refractivity contribution >= 4 is 17.5 Å². The molecular weight excluding hydrogens is 324 g/mol. The zero-order valence-corrected chi connectivity index (χ0v) is 14.1. The van der Waals surface area contributed by atoms with Crippen molar-refractivity contribution in [2.24, 2.45) is 0 Å². The molecule has 0 saturated carbocycles. The molecule has 0 atom stereocenters. The molecule has 3 aromatic rings. The van der Waals surface area contributed by atoms with Crippen LogP contribution < -0.4 is 0 Å². The van der Waals surface area contributed by atoms with Gasteiger partial charge in [0.2, 0.25) is 5.16 Å². The summed E-state index contributed by atoms with van der Waals surface area (Å²) in [7, 11) is 0. The number of aryl methyl sites for hydroxylation is 2. The Labute approximate surface area is 143 Å². The second kappa shape index (κ2) is 6.84. The molecule has 0 unspecified atom stereocenters. The van der Waals surface area contributed by atoms with Crippen LogP contribution in [0.1, 0.15) is 21.5 Å². The van der Waals surface area contributed by atoms with Crippen LogP contribution in [0, 0.1) is 13.8 Å². The van der Waals surface area contributed by atoms with E-state index in [-0.39, 0.29) is 17.3 Å². The first-order chi connectivity index (χ1) is 11.5. The lowest BCUT2D eigenvalue weighted by Gasteiger charge is -2.06. The van der Waals surface area contributed by atoms with Gasteiger partial charge in [0.15, 0.2) is 5.78 Å². The van der Waals surface area contributed by atoms with Gasteiger partial charge in [0.05, 0.1) is 11.4 Å². The molecule has 1 heterocycles. The summed E-state index contributed by atoms with van der Waals surface area (Å²) in [4.78, 5) is 12.2. The lowest BCUT2D eigenvalue weighted by atomic mass is 10.1. The zero-order valence-electron chi connectivity index (χ0n) is 13.3. The smallest absolute Gasteiger partial charge is 0.214 e. The largest absolute Gasteiger partial charge is 0.508 e. The van der Waals surface area contributed by atoms with Gasteiger partial charge < -0.3 is 5.11 Å². The molecular formula is C17H16N4O2S. The Morgan fingerprint density at radius 2 is 1.79 bits per heavy atom. The fraction of sp³-hybridized carbons (Fsp3) is 0.176. The maximum Gasteiger partial charge on any atom is 0.214 e. The summed E-state index contributed by atoms with van der Waals surface area (Å²) < 4.78 is 1.63. The van der Waals surface area contributed by atoms with E-state index < -0.39 is 0 Å². The molecule has 6 nitrogen and oxygen atoms in total. The van der Waals surface area contributed by atoms with Gasteiger partial charge in [-0.1, -0.05) is 17.8 Å². The predicted octanol–water partition coefficient (Wildman–Crippen LogP) is 2.96. The number of phenols is 1. The Morgan fingerprint density at radius 3 is 2.46 bits per heavy atom. The van der Waals surface area contributed by atoms with Crippen molar-refractivity contribution in [2.45, 2.75) is 19.0 Å². The van der Waals surface area contributed by atoms with Gasteiger partial charge in [-0.3, -0.25) is 4.79 Å². The Hall–Kier alpha value is -2.67. The van der Waals surface area contributed by atoms with E-state index in [1.54, 1.807) is 16.8 Å². The zero-order chi connectivity index (χ0) is 17.1. The number of aromatic hydroxyl groups is 1. The maximum absolute atomic E-state index is 12.2. The highest BCUT2D eigenvalue weighted by Crippen LogP contribution is 2.21. The van der Waals surface area contributed by atoms with Gasteiger partial charge in [-0.05, 0) is 71.8 Å². The Morgan fingerprint density at radius 1 is 1.12 bits per heavy atom. The van der Waals surface area contributed by atoms with Crippen molar-refractivity contribution in [1.82, 2.24) is 20.2 Å². The number of carbonyl (C=O) groups is 1. The van der Waals surface area contributed by atoms with Gasteiger partial charge in [-0.15, -0.1) is 5.10 Å². The van der Waals surface area contributed by atoms with Crippen LogP contribution in [0.2, 0.25) is 0 Å². The highest BCUT2D eigenvalue weighted by atomic mass is 32.2. The molecule has 0 aliphatic rings. The minimum Gasteiger partial charge on any atom is -0.508 e. The van der Waals surface area contributed by atoms with E-state index in [2.05, 4.69) is 21.6 Å². The van der Waals surface area contributed by atoms with Crippen molar-refractivity contribution in [3.05, 3.63) is 59.2 Å². The monoisotopic (exact) mass is 340 g/mol. The Bertz CT molecular complexity index is 854. The van der Waals surface area contributed by atoms with Crippen LogP contribution in [0.15, 0.2) is 47.6 Å². The molecule has 0 aliphatic carbocycles. The quantitative estimate of drug-likeness (QED) is 0.568. The molecule has 7 heteroatoms. The molecule has 0 saturated heterocycles. The summed E-state index contributed by atoms with van der Waals surface area (Å²) >= 11 is 1.28. The average Bonchev–Trinajstić information content (AvgIpc) is 3.01. The van der Waals surface area contributed by atoms with E-state index >= 15 is 0 Å². The van der Waals surface area contributed by atoms with E-state index in [4.69, 9.17) is 0 Å². The molecule has 3 rings (SSSR count). The van der Waals surface area contributed by atoms with Gasteiger partial charge in [0, 0.05) is 5.56 Å². The van der Waals surface area contributed by atoms with Crippen molar-refractivity contribution in [2.75, 3.05) is 5.75 Å². The van der Waals surface area contributed by atoms with E-state index in [1.807, 2.05) is 26.0 Å². The third kappa shape index (κ3) is 3.62. The third-order valence-corrected chi connectivity index (χ3v) is 4.33. The van der Waals surface area contributed by atoms with Crippen molar-refractivity contribution < 1.29 is 9.90 Å². The number of rotatable bonds is 5. The number of hydrogen-bond donors (Lipinski definition) is 1. The highest BCUT2D eigenvalue weighted by Gasteiger charge is 2.13. The van der Waals surface area contributed by atoms with Crippen LogP contribution in [-0.2, 0) is 0 Å². The molecule has 1 N–H and O–H groups in total. The van der Waals surface area contributed by atoms with E-state index in [0.29, 0.717) is 10.7 Å². The SMILES string of the molecule is Cc1cc(C)cc(-n2nnnc2SCC(=O)c2ccc(O)cc2)c1. The Kier molecular flexibility index (Phi) is 4.61. The van der Waals surface area contributed by atoms with Crippen LogP contribution in [-0.4, -0.2) is 36.8 Å². The van der Waals surface area contributed by atoms with Gasteiger partial charge >= 0.3 is 0 Å². The number of phenolic OH excluding ortho intramolecular Hbond substituents is 1. The van der Waals surface area contributed by atoms with E-state index in [9.17, 15) is 9.90 Å². The first-order valence-corrected chi connectivity index (χ1v) is 8.33. The number of ketones is 1. The first kappa shape index (κ1) is 16.2. The van der Waals surface area contributed by atoms with Crippen LogP contribution in [0.25, 0.3) is 5.69 Å². The Balaban J connectivity index is 1.76. The average molecular weight is 340 g/mol. The minimum atomic E-state index is -0.0463. The van der Waals surface area contributed by atoms with Crippen molar-refractivity contribution in [3.63, 3.8) is 0 Å². The standard InChI is InChI=1S/C17H16N4O2S/c1-11-7-12(2)9-14(8-11)21-17(18-19-20-21)24-10-16(23)13-3-5-15(22)6-4-13/h3-9,22H,10H2,1-2H3. The third-order valence-electron chi connectivity index (χ3n) is 3.41. The molecule has 0 spiro atoms. The molecule has 0 radical (unpaired) electrons. The molecule has 0 amide bonds. The normalized spacial score (nSPS) is 10.8. The van der Waals surface area contributed by atoms with Gasteiger partial charge in [-0.2, -0.15) is 4.68 Å². The van der Waals surface area contributed by atoms with Gasteiger partial charge in [0.25, 0.3) is 0 Å². The first-order valence-electron chi connectivity index (χ1n) is 7.35. The molecule has 122 valence electrons. The maximum atomic E-state index is 12.2. The lowest BCUT2D eigenvalue weighted by molar-refractivity contribution is 0.102. The number of nitrogens with zero attached hydrogens (tertiary/aromatic N) is 4. The second-order valence-electron chi connectivity index (χ2n) is 5.48. The van der Waals surface area contributed by atoms with E-state index in [1.165, 1.54) is 23.9 Å². The minimum absolute atomic E-state index is 0.0463. The predicted molar refractivity (Wildman–Crippen MR) is 91.8 cm³/mol. The number of hydrogen-bond acceptors (Lipinski definition) is 6. The molecule has 0 aliphatic heterocycles. The molecule has 1 aromatic heterocycles. The summed E-state index contributed by atoms with van der Waals surface area (Å²) in [6, 6.07) is 12.3. The number of aromatic nitrogens is 4. The molecule has 2 aromatic carbocycles. The van der Waals surface area contributed by atoms with Crippen LogP contribution in [0.3, 0.4) is 0 Å². The topological polar surface area (TPSA) is 80.9 Å². The van der Waals surface area contributed by atoms with E-state index in [0.717, 1.165) is 16.8 Å². The summed E-state index contributed by atoms with van der Waals surface area (Å²) in [5.74, 6) is 0.309. The van der Waals surface area contributed by atoms with Crippen LogP contribution >= 0.6 is 11.8 Å². The van der Waals surface area contributed by atoms with Crippen molar-refractivity contribution in [3.8, 4) is 11.4 Å². The molecule has 0 bridgehead atoms. The summed E-state index contributed by atoms with van der Waals surface area (Å²) in [6.07, 6.45) is 0. The number of thioether (sulfide) groups is 1. The summed E-state index contributed by atoms with van der Waals surface area (Å²) in [6.45, 7) is 4.03. The lowest BCUT2D eigenvalue weighted by Crippen LogP contribution is -2.05. The number of tetrazole rings is 1. The fourth-order valence-corrected chi connectivity index (χ4v) is 3.15. The second-order valence-corrected chi connectivity index (χ2v) is 6.42. The molecule has 24 heavy (non-hydrogen) atoms. The fourth-order valence-electron chi connectivity index (χ4n) is 2.36. The molecule has 0 fully saturated rings. The summed E-state index contributed by atoms with van der Waals surface area (Å²) in [5, 5.41) is 21.6. The number of Topliss-reactive ketones (excluding diaryl/α,β-unsaturated/α-hetero) is 1.